The van der Waals surface area contributed by atoms with E-state index in [1.54, 1.807) is 6.07 Å². The summed E-state index contributed by atoms with van der Waals surface area (Å²) in [4.78, 5) is 2.49. The Labute approximate surface area is 399 Å². The topological polar surface area (TPSA) is 7.12 Å². The Balaban J connectivity index is 1.63. The molecule has 64 heavy (non-hydrogen) atoms. The molecule has 2 rings (SSSR count). The van der Waals surface area contributed by atoms with E-state index < -0.39 is 0 Å². The molecule has 0 bridgehead atoms. The van der Waals surface area contributed by atoms with E-state index in [9.17, 15) is 0 Å². The standard InChI is InChI=1S/C61H108FN2/c1-4-7-10-12-14-16-18-20-22-24-26-28-30-32-34-36-38-40-42-44-53-64(60-49-48-59(61(62)57-60)47-46-58-50-55-63(56-51-58)52-9-6-3)54-45-43-41-39-37-35-33-31-29-27-25-23-21-19-17-15-13-11-8-5-2/h46-51,55-57H,4-45,52-54H2,1-3H3/q+1. The van der Waals surface area contributed by atoms with Gasteiger partial charge in [0.25, 0.3) is 0 Å². The van der Waals surface area contributed by atoms with Crippen LogP contribution in [0.3, 0.4) is 0 Å². The van der Waals surface area contributed by atoms with Gasteiger partial charge in [-0.2, -0.15) is 0 Å². The minimum Gasteiger partial charge on any atom is -0.371 e. The molecule has 0 saturated heterocycles. The summed E-state index contributed by atoms with van der Waals surface area (Å²) in [5, 5.41) is 0. The number of hydrogen-bond donors (Lipinski definition) is 0. The summed E-state index contributed by atoms with van der Waals surface area (Å²) in [5.74, 6) is -0.111. The first-order valence-electron chi connectivity index (χ1n) is 28.9. The number of halogens is 1. The van der Waals surface area contributed by atoms with Crippen LogP contribution in [0.1, 0.15) is 302 Å². The maximum Gasteiger partial charge on any atom is 0.169 e. The molecule has 3 heteroatoms. The predicted octanol–water partition coefficient (Wildman–Crippen LogP) is 20.5. The van der Waals surface area contributed by atoms with Crippen molar-refractivity contribution in [2.75, 3.05) is 18.0 Å². The second kappa shape index (κ2) is 44.7. The molecule has 0 aliphatic heterocycles. The largest absolute Gasteiger partial charge is 0.371 e. The molecule has 0 spiro atoms. The summed E-state index contributed by atoms with van der Waals surface area (Å²) in [5.41, 5.74) is 2.84. The van der Waals surface area contributed by atoms with Crippen molar-refractivity contribution in [3.8, 4) is 0 Å². The molecule has 0 radical (unpaired) electrons. The third-order valence-corrected chi connectivity index (χ3v) is 14.1. The van der Waals surface area contributed by atoms with Crippen LogP contribution in [0.5, 0.6) is 0 Å². The maximum absolute atomic E-state index is 15.6. The molecule has 0 atom stereocenters. The monoisotopic (exact) mass is 888 g/mol. The molecular formula is C61H108FN2+. The summed E-state index contributed by atoms with van der Waals surface area (Å²) >= 11 is 0. The van der Waals surface area contributed by atoms with Crippen LogP contribution < -0.4 is 9.47 Å². The van der Waals surface area contributed by atoms with Gasteiger partial charge in [-0.05, 0) is 36.6 Å². The number of nitrogens with zero attached hydrogens (tertiary/aromatic N) is 2. The van der Waals surface area contributed by atoms with Crippen LogP contribution >= 0.6 is 0 Å². The summed E-state index contributed by atoms with van der Waals surface area (Å²) in [6.07, 6.45) is 67.0. The van der Waals surface area contributed by atoms with Crippen molar-refractivity contribution in [1.82, 2.24) is 0 Å². The van der Waals surface area contributed by atoms with Gasteiger partial charge in [0.15, 0.2) is 12.4 Å². The van der Waals surface area contributed by atoms with Crippen LogP contribution in [0.2, 0.25) is 0 Å². The molecule has 0 unspecified atom stereocenters. The molecule has 1 aromatic heterocycles. The first kappa shape index (κ1) is 58.0. The normalized spacial score (nSPS) is 11.7. The van der Waals surface area contributed by atoms with Gasteiger partial charge >= 0.3 is 0 Å². The van der Waals surface area contributed by atoms with Crippen LogP contribution in [-0.4, -0.2) is 13.1 Å². The van der Waals surface area contributed by atoms with Crippen molar-refractivity contribution in [2.45, 2.75) is 297 Å². The Kier molecular flexibility index (Phi) is 40.5. The van der Waals surface area contributed by atoms with Crippen molar-refractivity contribution < 1.29 is 8.96 Å². The van der Waals surface area contributed by atoms with Crippen molar-refractivity contribution in [1.29, 1.82) is 0 Å². The Morgan fingerprint density at radius 3 is 1.00 bits per heavy atom. The summed E-state index contributed by atoms with van der Waals surface area (Å²) in [6, 6.07) is 10.2. The molecule has 0 aliphatic rings. The Morgan fingerprint density at radius 2 is 0.688 bits per heavy atom. The van der Waals surface area contributed by atoms with Crippen LogP contribution in [0.15, 0.2) is 42.7 Å². The highest BCUT2D eigenvalue weighted by Crippen LogP contribution is 2.23. The number of rotatable bonds is 48. The third kappa shape index (κ3) is 34.2. The van der Waals surface area contributed by atoms with E-state index in [0.717, 1.165) is 30.9 Å². The van der Waals surface area contributed by atoms with Crippen LogP contribution in [0.4, 0.5) is 10.1 Å². The van der Waals surface area contributed by atoms with Crippen LogP contribution in [0.25, 0.3) is 12.2 Å². The Bertz CT molecular complexity index is 1240. The van der Waals surface area contributed by atoms with E-state index in [4.69, 9.17) is 0 Å². The summed E-state index contributed by atoms with van der Waals surface area (Å²) in [6.45, 7) is 9.96. The lowest BCUT2D eigenvalue weighted by Gasteiger charge is -2.25. The van der Waals surface area contributed by atoms with Crippen molar-refractivity contribution in [2.24, 2.45) is 0 Å². The molecule has 368 valence electrons. The third-order valence-electron chi connectivity index (χ3n) is 14.1. The smallest absolute Gasteiger partial charge is 0.169 e. The fourth-order valence-electron chi connectivity index (χ4n) is 9.59. The average molecular weight is 889 g/mol. The number of hydrogen-bond acceptors (Lipinski definition) is 1. The zero-order valence-electron chi connectivity index (χ0n) is 43.3. The van der Waals surface area contributed by atoms with Gasteiger partial charge in [-0.25, -0.2) is 8.96 Å². The van der Waals surface area contributed by atoms with E-state index in [1.165, 1.54) is 270 Å². The van der Waals surface area contributed by atoms with Crippen molar-refractivity contribution in [3.63, 3.8) is 0 Å². The highest BCUT2D eigenvalue weighted by molar-refractivity contribution is 5.70. The molecule has 0 aliphatic carbocycles. The maximum atomic E-state index is 15.6. The Hall–Kier alpha value is -2.16. The average Bonchev–Trinajstić information content (AvgIpc) is 3.31. The van der Waals surface area contributed by atoms with Crippen molar-refractivity contribution in [3.05, 3.63) is 59.7 Å². The van der Waals surface area contributed by atoms with E-state index >= 15 is 4.39 Å². The minimum absolute atomic E-state index is 0.111. The molecule has 0 saturated carbocycles. The highest BCUT2D eigenvalue weighted by atomic mass is 19.1. The van der Waals surface area contributed by atoms with Crippen LogP contribution in [0, 0.1) is 5.82 Å². The number of benzene rings is 1. The fourth-order valence-corrected chi connectivity index (χ4v) is 9.59. The number of aryl methyl sites for hydroxylation is 1. The second-order valence-corrected chi connectivity index (χ2v) is 20.2. The van der Waals surface area contributed by atoms with Gasteiger partial charge < -0.3 is 4.90 Å². The first-order chi connectivity index (χ1) is 31.7. The van der Waals surface area contributed by atoms with E-state index in [0.29, 0.717) is 5.56 Å². The molecule has 2 nitrogen and oxygen atoms in total. The zero-order valence-corrected chi connectivity index (χ0v) is 43.3. The van der Waals surface area contributed by atoms with Gasteiger partial charge in [-0.3, -0.25) is 0 Å². The molecular weight excluding hydrogens is 780 g/mol. The second-order valence-electron chi connectivity index (χ2n) is 20.2. The lowest BCUT2D eigenvalue weighted by molar-refractivity contribution is -0.697. The highest BCUT2D eigenvalue weighted by Gasteiger charge is 2.10. The van der Waals surface area contributed by atoms with Gasteiger partial charge in [0.05, 0.1) is 0 Å². The van der Waals surface area contributed by atoms with E-state index in [1.807, 2.05) is 18.2 Å². The molecule has 2 aromatic rings. The SMILES string of the molecule is CCCCCCCCCCCCCCCCCCCCCCN(CCCCCCCCCCCCCCCCCCCCCC)c1ccc(/C=C/c2cc[n+](CCCC)cc2)c(F)c1. The van der Waals surface area contributed by atoms with Gasteiger partial charge in [-0.15, -0.1) is 0 Å². The van der Waals surface area contributed by atoms with Gasteiger partial charge in [-0.1, -0.05) is 283 Å². The quantitative estimate of drug-likeness (QED) is 0.0474. The number of aromatic nitrogens is 1. The summed E-state index contributed by atoms with van der Waals surface area (Å²) < 4.78 is 17.8. The van der Waals surface area contributed by atoms with Gasteiger partial charge in [0.1, 0.15) is 12.4 Å². The van der Waals surface area contributed by atoms with Crippen molar-refractivity contribution >= 4 is 17.8 Å². The van der Waals surface area contributed by atoms with E-state index in [2.05, 4.69) is 60.8 Å². The number of anilines is 1. The molecule has 0 fully saturated rings. The number of pyridine rings is 1. The predicted molar refractivity (Wildman–Crippen MR) is 285 cm³/mol. The van der Waals surface area contributed by atoms with Crippen LogP contribution in [-0.2, 0) is 6.54 Å². The minimum atomic E-state index is -0.111. The molecule has 0 amide bonds. The molecule has 0 N–H and O–H groups in total. The lowest BCUT2D eigenvalue weighted by atomic mass is 10.0. The fraction of sp³-hybridized carbons (Fsp3) is 0.787. The Morgan fingerprint density at radius 1 is 0.375 bits per heavy atom. The van der Waals surface area contributed by atoms with Gasteiger partial charge in [0.2, 0.25) is 0 Å². The summed E-state index contributed by atoms with van der Waals surface area (Å²) in [7, 11) is 0. The molecule has 1 aromatic carbocycles. The lowest BCUT2D eigenvalue weighted by Crippen LogP contribution is -2.32. The first-order valence-corrected chi connectivity index (χ1v) is 28.9. The molecule has 1 heterocycles. The van der Waals surface area contributed by atoms with Gasteiger partial charge in [0, 0.05) is 42.9 Å². The van der Waals surface area contributed by atoms with E-state index in [-0.39, 0.29) is 5.82 Å². The zero-order chi connectivity index (χ0) is 45.6. The number of unbranched alkanes of at least 4 members (excludes halogenated alkanes) is 39.